The van der Waals surface area contributed by atoms with E-state index in [1.807, 2.05) is 6.92 Å². The molecule has 19 heavy (non-hydrogen) atoms. The van der Waals surface area contributed by atoms with Gasteiger partial charge in [-0.15, -0.1) is 0 Å². The van der Waals surface area contributed by atoms with Gasteiger partial charge in [0.1, 0.15) is 5.82 Å². The maximum atomic E-state index is 12.7. The van der Waals surface area contributed by atoms with Crippen LogP contribution in [-0.2, 0) is 23.1 Å². The molecule has 0 aliphatic rings. The van der Waals surface area contributed by atoms with Gasteiger partial charge in [-0.25, -0.2) is 17.5 Å². The molecular formula is C12H14FN3O2S. The van der Waals surface area contributed by atoms with Gasteiger partial charge >= 0.3 is 0 Å². The molecule has 2 aromatic rings. The molecule has 0 atom stereocenters. The molecule has 2 rings (SSSR count). The summed E-state index contributed by atoms with van der Waals surface area (Å²) in [4.78, 5) is 0.0387. The van der Waals surface area contributed by atoms with Crippen molar-refractivity contribution < 1.29 is 12.8 Å². The zero-order valence-corrected chi connectivity index (χ0v) is 11.2. The van der Waals surface area contributed by atoms with Gasteiger partial charge in [-0.3, -0.25) is 4.68 Å². The van der Waals surface area contributed by atoms with Crippen LogP contribution in [0.3, 0.4) is 0 Å². The standard InChI is InChI=1S/C12H14FN3O2S/c1-2-16-9-10(7-14-16)8-15-19(17,18)12-5-3-11(13)4-6-12/h3-7,9,15H,2,8H2,1H3. The second-order valence-corrected chi connectivity index (χ2v) is 5.75. The molecule has 1 aromatic heterocycles. The highest BCUT2D eigenvalue weighted by Crippen LogP contribution is 2.10. The van der Waals surface area contributed by atoms with Crippen molar-refractivity contribution in [3.63, 3.8) is 0 Å². The van der Waals surface area contributed by atoms with E-state index in [0.717, 1.165) is 24.2 Å². The fourth-order valence-electron chi connectivity index (χ4n) is 1.55. The predicted molar refractivity (Wildman–Crippen MR) is 68.3 cm³/mol. The third kappa shape index (κ3) is 3.39. The summed E-state index contributed by atoms with van der Waals surface area (Å²) in [6.07, 6.45) is 3.38. The maximum absolute atomic E-state index is 12.7. The van der Waals surface area contributed by atoms with Crippen LogP contribution in [0.25, 0.3) is 0 Å². The van der Waals surface area contributed by atoms with E-state index in [1.54, 1.807) is 17.1 Å². The number of rotatable bonds is 5. The van der Waals surface area contributed by atoms with Crippen molar-refractivity contribution >= 4 is 10.0 Å². The van der Waals surface area contributed by atoms with E-state index in [1.165, 1.54) is 12.1 Å². The zero-order chi connectivity index (χ0) is 13.9. The number of nitrogens with one attached hydrogen (secondary N) is 1. The fourth-order valence-corrected chi connectivity index (χ4v) is 2.56. The van der Waals surface area contributed by atoms with Crippen LogP contribution in [0.2, 0.25) is 0 Å². The first-order chi connectivity index (χ1) is 9.01. The lowest BCUT2D eigenvalue weighted by atomic mass is 10.4. The highest BCUT2D eigenvalue weighted by atomic mass is 32.2. The van der Waals surface area contributed by atoms with Crippen LogP contribution < -0.4 is 4.72 Å². The van der Waals surface area contributed by atoms with Crippen molar-refractivity contribution in [3.8, 4) is 0 Å². The summed E-state index contributed by atoms with van der Waals surface area (Å²) < 4.78 is 40.8. The Morgan fingerprint density at radius 2 is 2.00 bits per heavy atom. The summed E-state index contributed by atoms with van der Waals surface area (Å²) in [5.41, 5.74) is 0.771. The highest BCUT2D eigenvalue weighted by molar-refractivity contribution is 7.89. The lowest BCUT2D eigenvalue weighted by Crippen LogP contribution is -2.23. The summed E-state index contributed by atoms with van der Waals surface area (Å²) in [5, 5.41) is 4.05. The monoisotopic (exact) mass is 283 g/mol. The number of aryl methyl sites for hydroxylation is 1. The molecular weight excluding hydrogens is 269 g/mol. The topological polar surface area (TPSA) is 64.0 Å². The highest BCUT2D eigenvalue weighted by Gasteiger charge is 2.13. The molecule has 0 bridgehead atoms. The van der Waals surface area contributed by atoms with Crippen molar-refractivity contribution in [2.45, 2.75) is 24.9 Å². The Hall–Kier alpha value is -1.73. The molecule has 0 spiro atoms. The van der Waals surface area contributed by atoms with Crippen LogP contribution >= 0.6 is 0 Å². The molecule has 1 N–H and O–H groups in total. The Morgan fingerprint density at radius 3 is 2.58 bits per heavy atom. The normalized spacial score (nSPS) is 11.7. The summed E-state index contributed by atoms with van der Waals surface area (Å²) >= 11 is 0. The minimum atomic E-state index is -3.63. The lowest BCUT2D eigenvalue weighted by molar-refractivity contribution is 0.580. The quantitative estimate of drug-likeness (QED) is 0.905. The van der Waals surface area contributed by atoms with Crippen LogP contribution in [0.5, 0.6) is 0 Å². The smallest absolute Gasteiger partial charge is 0.240 e. The average Bonchev–Trinajstić information content (AvgIpc) is 2.85. The predicted octanol–water partition coefficient (Wildman–Crippen LogP) is 1.52. The van der Waals surface area contributed by atoms with Crippen molar-refractivity contribution in [1.82, 2.24) is 14.5 Å². The van der Waals surface area contributed by atoms with Crippen LogP contribution in [0.1, 0.15) is 12.5 Å². The van der Waals surface area contributed by atoms with Crippen LogP contribution in [0.15, 0.2) is 41.6 Å². The van der Waals surface area contributed by atoms with E-state index in [4.69, 9.17) is 0 Å². The summed E-state index contributed by atoms with van der Waals surface area (Å²) in [7, 11) is -3.63. The van der Waals surface area contributed by atoms with Gasteiger partial charge in [0, 0.05) is 24.8 Å². The van der Waals surface area contributed by atoms with E-state index in [9.17, 15) is 12.8 Å². The third-order valence-corrected chi connectivity index (χ3v) is 4.02. The van der Waals surface area contributed by atoms with Crippen LogP contribution in [-0.4, -0.2) is 18.2 Å². The molecule has 0 unspecified atom stereocenters. The Kier molecular flexibility index (Phi) is 3.96. The van der Waals surface area contributed by atoms with Gasteiger partial charge in [0.05, 0.1) is 11.1 Å². The minimum Gasteiger partial charge on any atom is -0.273 e. The first-order valence-corrected chi connectivity index (χ1v) is 7.26. The van der Waals surface area contributed by atoms with Gasteiger partial charge in [0.2, 0.25) is 10.0 Å². The summed E-state index contributed by atoms with van der Waals surface area (Å²) in [6, 6.07) is 4.69. The van der Waals surface area contributed by atoms with Crippen molar-refractivity contribution in [2.24, 2.45) is 0 Å². The fraction of sp³-hybridized carbons (Fsp3) is 0.250. The second-order valence-electron chi connectivity index (χ2n) is 3.98. The summed E-state index contributed by atoms with van der Waals surface area (Å²) in [5.74, 6) is -0.469. The zero-order valence-electron chi connectivity index (χ0n) is 10.4. The molecule has 0 saturated carbocycles. The number of aromatic nitrogens is 2. The molecule has 0 saturated heterocycles. The molecule has 0 aliphatic heterocycles. The van der Waals surface area contributed by atoms with Gasteiger partial charge < -0.3 is 0 Å². The number of benzene rings is 1. The number of nitrogens with zero attached hydrogens (tertiary/aromatic N) is 2. The molecule has 0 fully saturated rings. The van der Waals surface area contributed by atoms with Crippen LogP contribution in [0.4, 0.5) is 4.39 Å². The number of sulfonamides is 1. The van der Waals surface area contributed by atoms with Crippen molar-refractivity contribution in [3.05, 3.63) is 48.0 Å². The molecule has 7 heteroatoms. The third-order valence-electron chi connectivity index (χ3n) is 2.60. The molecule has 102 valence electrons. The van der Waals surface area contributed by atoms with Crippen molar-refractivity contribution in [1.29, 1.82) is 0 Å². The maximum Gasteiger partial charge on any atom is 0.240 e. The number of hydrogen-bond donors (Lipinski definition) is 1. The Bertz CT molecular complexity index is 650. The molecule has 0 aliphatic carbocycles. The lowest BCUT2D eigenvalue weighted by Gasteiger charge is -2.05. The molecule has 1 aromatic carbocycles. The first kappa shape index (κ1) is 13.7. The summed E-state index contributed by atoms with van der Waals surface area (Å²) in [6.45, 7) is 2.82. The molecule has 0 radical (unpaired) electrons. The average molecular weight is 283 g/mol. The Balaban J connectivity index is 2.07. The van der Waals surface area contributed by atoms with E-state index in [2.05, 4.69) is 9.82 Å². The largest absolute Gasteiger partial charge is 0.273 e. The molecule has 5 nitrogen and oxygen atoms in total. The van der Waals surface area contributed by atoms with Gasteiger partial charge in [-0.2, -0.15) is 5.10 Å². The van der Waals surface area contributed by atoms with E-state index in [0.29, 0.717) is 0 Å². The SMILES string of the molecule is CCn1cc(CNS(=O)(=O)c2ccc(F)cc2)cn1. The van der Waals surface area contributed by atoms with E-state index in [-0.39, 0.29) is 11.4 Å². The number of hydrogen-bond acceptors (Lipinski definition) is 3. The Labute approximate surface area is 111 Å². The molecule has 0 amide bonds. The second kappa shape index (κ2) is 5.50. The van der Waals surface area contributed by atoms with Gasteiger partial charge in [0.15, 0.2) is 0 Å². The van der Waals surface area contributed by atoms with E-state index < -0.39 is 15.8 Å². The van der Waals surface area contributed by atoms with Gasteiger partial charge in [-0.1, -0.05) is 0 Å². The van der Waals surface area contributed by atoms with Crippen molar-refractivity contribution in [2.75, 3.05) is 0 Å². The van der Waals surface area contributed by atoms with Gasteiger partial charge in [-0.05, 0) is 31.2 Å². The minimum absolute atomic E-state index is 0.0387. The molecule has 1 heterocycles. The van der Waals surface area contributed by atoms with E-state index >= 15 is 0 Å². The van der Waals surface area contributed by atoms with Crippen LogP contribution in [0, 0.1) is 5.82 Å². The Morgan fingerprint density at radius 1 is 1.32 bits per heavy atom. The first-order valence-electron chi connectivity index (χ1n) is 5.78. The number of halogens is 1. The van der Waals surface area contributed by atoms with Gasteiger partial charge in [0.25, 0.3) is 0 Å².